The van der Waals surface area contributed by atoms with E-state index in [0.717, 1.165) is 45.6 Å². The Balaban J connectivity index is 3.90. The second kappa shape index (κ2) is 11.4. The molecule has 0 aromatic heterocycles. The van der Waals surface area contributed by atoms with Crippen LogP contribution in [0.5, 0.6) is 0 Å². The largest absolute Gasteiger partial charge is 0.317 e. The van der Waals surface area contributed by atoms with Gasteiger partial charge < -0.3 is 10.2 Å². The molecule has 0 unspecified atom stereocenters. The molecule has 0 saturated heterocycles. The molecule has 0 atom stereocenters. The van der Waals surface area contributed by atoms with Crippen molar-refractivity contribution in [2.24, 2.45) is 0 Å². The topological polar surface area (TPSA) is 64.7 Å². The highest BCUT2D eigenvalue weighted by Crippen LogP contribution is 1.95. The molecule has 7 heteroatoms. The molecular weight excluding hydrogens is 276 g/mol. The van der Waals surface area contributed by atoms with Crippen molar-refractivity contribution in [3.8, 4) is 0 Å². The predicted octanol–water partition coefficient (Wildman–Crippen LogP) is 0.484. The minimum atomic E-state index is -3.34. The maximum Gasteiger partial charge on any atom is 0.279 e. The highest BCUT2D eigenvalue weighted by molar-refractivity contribution is 7.87. The molecule has 0 heterocycles. The Hall–Kier alpha value is -0.210. The van der Waals surface area contributed by atoms with Gasteiger partial charge in [0.1, 0.15) is 0 Å². The van der Waals surface area contributed by atoms with Crippen LogP contribution in [0.3, 0.4) is 0 Å². The van der Waals surface area contributed by atoms with E-state index in [9.17, 15) is 8.42 Å². The van der Waals surface area contributed by atoms with Crippen LogP contribution < -0.4 is 10.0 Å². The van der Waals surface area contributed by atoms with E-state index in [4.69, 9.17) is 0 Å². The average molecular weight is 308 g/mol. The summed E-state index contributed by atoms with van der Waals surface area (Å²) in [6, 6.07) is 0. The summed E-state index contributed by atoms with van der Waals surface area (Å²) in [7, 11) is -1.71. The monoisotopic (exact) mass is 308 g/mol. The molecule has 0 spiro atoms. The van der Waals surface area contributed by atoms with Crippen LogP contribution in [0.2, 0.25) is 0 Å². The van der Waals surface area contributed by atoms with Gasteiger partial charge in [-0.1, -0.05) is 20.8 Å². The van der Waals surface area contributed by atoms with Crippen LogP contribution in [0.15, 0.2) is 0 Å². The zero-order valence-corrected chi connectivity index (χ0v) is 14.3. The van der Waals surface area contributed by atoms with Gasteiger partial charge >= 0.3 is 0 Å². The summed E-state index contributed by atoms with van der Waals surface area (Å²) in [6.45, 7) is 11.7. The molecule has 0 saturated carbocycles. The highest BCUT2D eigenvalue weighted by Gasteiger charge is 2.16. The molecule has 0 radical (unpaired) electrons. The van der Waals surface area contributed by atoms with Crippen molar-refractivity contribution in [3.63, 3.8) is 0 Å². The fraction of sp³-hybridized carbons (Fsp3) is 1.00. The normalized spacial score (nSPS) is 12.5. The van der Waals surface area contributed by atoms with E-state index in [2.05, 4.69) is 35.7 Å². The lowest BCUT2D eigenvalue weighted by Gasteiger charge is -2.21. The lowest BCUT2D eigenvalue weighted by Crippen LogP contribution is -2.42. The van der Waals surface area contributed by atoms with Crippen molar-refractivity contribution >= 4 is 10.2 Å². The Kier molecular flexibility index (Phi) is 11.3. The van der Waals surface area contributed by atoms with E-state index in [-0.39, 0.29) is 0 Å². The first-order valence-corrected chi connectivity index (χ1v) is 9.05. The van der Waals surface area contributed by atoms with E-state index >= 15 is 0 Å². The Bertz CT molecular complexity index is 318. The van der Waals surface area contributed by atoms with Crippen molar-refractivity contribution < 1.29 is 8.42 Å². The quantitative estimate of drug-likeness (QED) is 0.486. The molecule has 0 rings (SSSR count). The second-order valence-electron chi connectivity index (χ2n) is 4.85. The summed E-state index contributed by atoms with van der Waals surface area (Å²) in [5, 5.41) is 3.27. The number of nitrogens with one attached hydrogen (secondary N) is 2. The maximum absolute atomic E-state index is 12.0. The zero-order chi connectivity index (χ0) is 15.4. The summed E-state index contributed by atoms with van der Waals surface area (Å²) in [5.74, 6) is 0. The van der Waals surface area contributed by atoms with Crippen LogP contribution in [0, 0.1) is 0 Å². The van der Waals surface area contributed by atoms with Crippen LogP contribution in [0.4, 0.5) is 0 Å². The molecule has 0 fully saturated rings. The third-order valence-corrected chi connectivity index (χ3v) is 4.84. The maximum atomic E-state index is 12.0. The molecule has 122 valence electrons. The van der Waals surface area contributed by atoms with Crippen molar-refractivity contribution in [2.45, 2.75) is 33.6 Å². The van der Waals surface area contributed by atoms with Crippen molar-refractivity contribution in [1.82, 2.24) is 19.2 Å². The number of hydrogen-bond donors (Lipinski definition) is 2. The van der Waals surface area contributed by atoms with Gasteiger partial charge in [0.15, 0.2) is 0 Å². The Morgan fingerprint density at radius 2 is 1.60 bits per heavy atom. The SMILES string of the molecule is CCCNCCCN(C)S(=O)(=O)NCCN(CC)CC. The molecule has 0 aliphatic rings. The summed E-state index contributed by atoms with van der Waals surface area (Å²) in [6.07, 6.45) is 1.93. The van der Waals surface area contributed by atoms with E-state index in [0.29, 0.717) is 13.1 Å². The molecule has 0 bridgehead atoms. The predicted molar refractivity (Wildman–Crippen MR) is 85.1 cm³/mol. The Morgan fingerprint density at radius 3 is 2.15 bits per heavy atom. The standard InChI is InChI=1S/C13H32N4O2S/c1-5-9-14-10-8-12-16(4)20(18,19)15-11-13-17(6-2)7-3/h14-15H,5-13H2,1-4H3. The van der Waals surface area contributed by atoms with Gasteiger partial charge in [0.25, 0.3) is 10.2 Å². The first kappa shape index (κ1) is 19.8. The fourth-order valence-corrected chi connectivity index (χ4v) is 2.77. The number of nitrogens with zero attached hydrogens (tertiary/aromatic N) is 2. The molecule has 0 aromatic rings. The first-order chi connectivity index (χ1) is 9.47. The van der Waals surface area contributed by atoms with Gasteiger partial charge in [-0.2, -0.15) is 12.7 Å². The highest BCUT2D eigenvalue weighted by atomic mass is 32.2. The molecule has 2 N–H and O–H groups in total. The van der Waals surface area contributed by atoms with Crippen molar-refractivity contribution in [2.75, 3.05) is 52.9 Å². The summed E-state index contributed by atoms with van der Waals surface area (Å²) >= 11 is 0. The van der Waals surface area contributed by atoms with Crippen LogP contribution in [-0.4, -0.2) is 70.5 Å². The second-order valence-corrected chi connectivity index (χ2v) is 6.71. The van der Waals surface area contributed by atoms with Gasteiger partial charge in [0.05, 0.1) is 0 Å². The van der Waals surface area contributed by atoms with E-state index in [1.165, 1.54) is 4.31 Å². The molecule has 0 aliphatic heterocycles. The molecule has 20 heavy (non-hydrogen) atoms. The Labute approximate surface area is 125 Å². The van der Waals surface area contributed by atoms with Crippen LogP contribution in [-0.2, 0) is 10.2 Å². The average Bonchev–Trinajstić information content (AvgIpc) is 2.43. The molecular formula is C13H32N4O2S. The summed E-state index contributed by atoms with van der Waals surface area (Å²) < 4.78 is 28.0. The number of likely N-dealkylation sites (N-methyl/N-ethyl adjacent to an activating group) is 1. The van der Waals surface area contributed by atoms with E-state index in [1.54, 1.807) is 7.05 Å². The molecule has 0 aromatic carbocycles. The minimum absolute atomic E-state index is 0.461. The van der Waals surface area contributed by atoms with Crippen molar-refractivity contribution in [3.05, 3.63) is 0 Å². The smallest absolute Gasteiger partial charge is 0.279 e. The Morgan fingerprint density at radius 1 is 0.950 bits per heavy atom. The zero-order valence-electron chi connectivity index (χ0n) is 13.5. The van der Waals surface area contributed by atoms with Gasteiger partial charge in [0, 0.05) is 26.7 Å². The van der Waals surface area contributed by atoms with Gasteiger partial charge in [-0.25, -0.2) is 4.72 Å². The number of hydrogen-bond acceptors (Lipinski definition) is 4. The molecule has 0 aliphatic carbocycles. The fourth-order valence-electron chi connectivity index (χ4n) is 1.83. The summed E-state index contributed by atoms with van der Waals surface area (Å²) in [5.41, 5.74) is 0. The van der Waals surface area contributed by atoms with Gasteiger partial charge in [-0.15, -0.1) is 0 Å². The molecule has 0 amide bonds. The third-order valence-electron chi connectivity index (χ3n) is 3.27. The number of rotatable bonds is 13. The molecule has 6 nitrogen and oxygen atoms in total. The van der Waals surface area contributed by atoms with Crippen molar-refractivity contribution in [1.29, 1.82) is 0 Å². The van der Waals surface area contributed by atoms with E-state index < -0.39 is 10.2 Å². The lowest BCUT2D eigenvalue weighted by atomic mass is 10.4. The lowest BCUT2D eigenvalue weighted by molar-refractivity contribution is 0.307. The van der Waals surface area contributed by atoms with Gasteiger partial charge in [0.2, 0.25) is 0 Å². The minimum Gasteiger partial charge on any atom is -0.317 e. The van der Waals surface area contributed by atoms with Crippen LogP contribution in [0.25, 0.3) is 0 Å². The first-order valence-electron chi connectivity index (χ1n) is 7.61. The third kappa shape index (κ3) is 8.86. The van der Waals surface area contributed by atoms with E-state index in [1.807, 2.05) is 0 Å². The van der Waals surface area contributed by atoms with Gasteiger partial charge in [-0.3, -0.25) is 0 Å². The summed E-state index contributed by atoms with van der Waals surface area (Å²) in [4.78, 5) is 2.19. The van der Waals surface area contributed by atoms with Crippen LogP contribution in [0.1, 0.15) is 33.6 Å². The van der Waals surface area contributed by atoms with Gasteiger partial charge in [-0.05, 0) is 39.0 Å². The van der Waals surface area contributed by atoms with Crippen LogP contribution >= 0.6 is 0 Å².